The summed E-state index contributed by atoms with van der Waals surface area (Å²) in [6.45, 7) is 2.96. The molecule has 0 unspecified atom stereocenters. The average Bonchev–Trinajstić information content (AvgIpc) is 2.79. The monoisotopic (exact) mass is 263 g/mol. The van der Waals surface area contributed by atoms with Crippen LogP contribution in [-0.2, 0) is 11.2 Å². The molecule has 0 saturated carbocycles. The third-order valence-corrected chi connectivity index (χ3v) is 2.57. The van der Waals surface area contributed by atoms with E-state index >= 15 is 0 Å². The summed E-state index contributed by atoms with van der Waals surface area (Å²) in [5.74, 6) is 0.468. The zero-order chi connectivity index (χ0) is 13.7. The first-order valence-corrected chi connectivity index (χ1v) is 6.12. The van der Waals surface area contributed by atoms with Crippen molar-refractivity contribution in [3.8, 4) is 0 Å². The molecule has 0 aliphatic carbocycles. The summed E-state index contributed by atoms with van der Waals surface area (Å²) >= 11 is 0. The van der Waals surface area contributed by atoms with E-state index in [1.807, 2.05) is 19.1 Å². The number of carbonyl (C=O) groups excluding carboxylic acids is 1. The van der Waals surface area contributed by atoms with Gasteiger partial charge >= 0.3 is 6.03 Å². The number of urea groups is 1. The normalized spacial score (nSPS) is 10.6. The number of carbonyl (C=O) groups is 1. The van der Waals surface area contributed by atoms with Gasteiger partial charge in [0.15, 0.2) is 11.5 Å². The molecule has 2 N–H and O–H groups in total. The van der Waals surface area contributed by atoms with Crippen LogP contribution >= 0.6 is 0 Å². The predicted octanol–water partition coefficient (Wildman–Crippen LogP) is 1.06. The summed E-state index contributed by atoms with van der Waals surface area (Å²) in [6.07, 6.45) is 2.54. The Morgan fingerprint density at radius 3 is 3.05 bits per heavy atom. The van der Waals surface area contributed by atoms with Crippen LogP contribution in [0.2, 0.25) is 0 Å². The van der Waals surface area contributed by atoms with Crippen molar-refractivity contribution >= 4 is 17.5 Å². The summed E-state index contributed by atoms with van der Waals surface area (Å²) < 4.78 is 6.50. The van der Waals surface area contributed by atoms with Crippen LogP contribution in [0.25, 0.3) is 5.65 Å². The van der Waals surface area contributed by atoms with E-state index in [4.69, 9.17) is 4.74 Å². The maximum absolute atomic E-state index is 11.5. The van der Waals surface area contributed by atoms with Gasteiger partial charge in [0.05, 0.1) is 18.5 Å². The number of fused-ring (bicyclic) bond motifs is 1. The zero-order valence-corrected chi connectivity index (χ0v) is 11.0. The van der Waals surface area contributed by atoms with Crippen LogP contribution in [0.4, 0.5) is 10.6 Å². The second kappa shape index (κ2) is 6.14. The molecule has 0 saturated heterocycles. The second-order valence-electron chi connectivity index (χ2n) is 3.98. The van der Waals surface area contributed by atoms with E-state index in [-0.39, 0.29) is 6.03 Å². The lowest BCUT2D eigenvalue weighted by atomic mass is 10.3. The Morgan fingerprint density at radius 1 is 1.47 bits per heavy atom. The zero-order valence-electron chi connectivity index (χ0n) is 11.0. The van der Waals surface area contributed by atoms with Gasteiger partial charge in [-0.2, -0.15) is 5.10 Å². The highest BCUT2D eigenvalue weighted by molar-refractivity contribution is 5.88. The van der Waals surface area contributed by atoms with Gasteiger partial charge in [-0.15, -0.1) is 0 Å². The predicted molar refractivity (Wildman–Crippen MR) is 71.3 cm³/mol. The average molecular weight is 263 g/mol. The fraction of sp³-hybridized carbons (Fsp3) is 0.417. The van der Waals surface area contributed by atoms with Crippen LogP contribution in [0.5, 0.6) is 0 Å². The molecule has 7 nitrogen and oxygen atoms in total. The van der Waals surface area contributed by atoms with Crippen LogP contribution in [0.1, 0.15) is 12.6 Å². The van der Waals surface area contributed by atoms with E-state index in [2.05, 4.69) is 20.7 Å². The van der Waals surface area contributed by atoms with Crippen molar-refractivity contribution in [2.75, 3.05) is 25.6 Å². The molecule has 0 aromatic carbocycles. The number of hydrogen-bond acceptors (Lipinski definition) is 4. The molecule has 2 aromatic rings. The van der Waals surface area contributed by atoms with Gasteiger partial charge in [0.2, 0.25) is 0 Å². The van der Waals surface area contributed by atoms with Crippen LogP contribution < -0.4 is 10.6 Å². The fourth-order valence-corrected chi connectivity index (χ4v) is 1.60. The molecule has 0 fully saturated rings. The number of nitrogens with one attached hydrogen (secondary N) is 2. The first-order chi connectivity index (χ1) is 9.22. The highest BCUT2D eigenvalue weighted by Crippen LogP contribution is 2.09. The SMILES string of the molecule is CCc1ccc2nc(NC(=O)NCCOC)cn2n1. The lowest BCUT2D eigenvalue weighted by Crippen LogP contribution is -2.31. The lowest BCUT2D eigenvalue weighted by molar-refractivity contribution is 0.198. The lowest BCUT2D eigenvalue weighted by Gasteiger charge is -2.03. The van der Waals surface area contributed by atoms with Crippen LogP contribution in [0.3, 0.4) is 0 Å². The summed E-state index contributed by atoms with van der Waals surface area (Å²) in [5.41, 5.74) is 1.67. The van der Waals surface area contributed by atoms with Gasteiger partial charge in [-0.25, -0.2) is 14.3 Å². The first-order valence-electron chi connectivity index (χ1n) is 6.12. The van der Waals surface area contributed by atoms with Gasteiger partial charge in [0, 0.05) is 13.7 Å². The number of rotatable bonds is 5. The topological polar surface area (TPSA) is 80.5 Å². The Hall–Kier alpha value is -2.15. The number of hydrogen-bond donors (Lipinski definition) is 2. The number of anilines is 1. The molecule has 0 aliphatic heterocycles. The van der Waals surface area contributed by atoms with E-state index in [9.17, 15) is 4.79 Å². The highest BCUT2D eigenvalue weighted by Gasteiger charge is 2.06. The van der Waals surface area contributed by atoms with Crippen LogP contribution in [-0.4, -0.2) is 40.9 Å². The molecule has 2 heterocycles. The van der Waals surface area contributed by atoms with Crippen molar-refractivity contribution in [2.45, 2.75) is 13.3 Å². The molecule has 102 valence electrons. The number of aromatic nitrogens is 3. The first kappa shape index (κ1) is 13.3. The smallest absolute Gasteiger partial charge is 0.320 e. The number of aryl methyl sites for hydroxylation is 1. The van der Waals surface area contributed by atoms with E-state index in [1.165, 1.54) is 0 Å². The van der Waals surface area contributed by atoms with Gasteiger partial charge < -0.3 is 10.1 Å². The Bertz CT molecular complexity index is 566. The van der Waals surface area contributed by atoms with Crippen LogP contribution in [0, 0.1) is 0 Å². The Labute approximate surface area is 111 Å². The number of amides is 2. The van der Waals surface area contributed by atoms with Crippen molar-refractivity contribution in [1.29, 1.82) is 0 Å². The molecule has 0 bridgehead atoms. The standard InChI is InChI=1S/C12H17N5O2/c1-3-9-4-5-11-14-10(8-17(11)16-9)15-12(18)13-6-7-19-2/h4-5,8H,3,6-7H2,1-2H3,(H2,13,15,18). The molecule has 0 atom stereocenters. The van der Waals surface area contributed by atoms with E-state index < -0.39 is 0 Å². The van der Waals surface area contributed by atoms with E-state index in [0.29, 0.717) is 24.6 Å². The molecule has 19 heavy (non-hydrogen) atoms. The maximum Gasteiger partial charge on any atom is 0.320 e. The van der Waals surface area contributed by atoms with Crippen molar-refractivity contribution in [3.05, 3.63) is 24.0 Å². The highest BCUT2D eigenvalue weighted by atomic mass is 16.5. The Balaban J connectivity index is 2.02. The molecule has 2 rings (SSSR count). The van der Waals surface area contributed by atoms with Crippen LogP contribution in [0.15, 0.2) is 18.3 Å². The number of nitrogens with zero attached hydrogens (tertiary/aromatic N) is 3. The third-order valence-electron chi connectivity index (χ3n) is 2.57. The summed E-state index contributed by atoms with van der Waals surface area (Å²) in [4.78, 5) is 15.8. The van der Waals surface area contributed by atoms with E-state index in [0.717, 1.165) is 12.1 Å². The second-order valence-corrected chi connectivity index (χ2v) is 3.98. The molecule has 0 spiro atoms. The molecular formula is C12H17N5O2. The number of methoxy groups -OCH3 is 1. The molecule has 0 radical (unpaired) electrons. The molecule has 7 heteroatoms. The minimum absolute atomic E-state index is 0.309. The summed E-state index contributed by atoms with van der Waals surface area (Å²) in [6, 6.07) is 3.49. The van der Waals surface area contributed by atoms with Crippen molar-refractivity contribution in [1.82, 2.24) is 19.9 Å². The molecular weight excluding hydrogens is 246 g/mol. The van der Waals surface area contributed by atoms with Gasteiger partial charge in [0.1, 0.15) is 0 Å². The number of ether oxygens (including phenoxy) is 1. The van der Waals surface area contributed by atoms with Crippen molar-refractivity contribution in [2.24, 2.45) is 0 Å². The Morgan fingerprint density at radius 2 is 2.32 bits per heavy atom. The van der Waals surface area contributed by atoms with Gasteiger partial charge in [-0.3, -0.25) is 5.32 Å². The van der Waals surface area contributed by atoms with E-state index in [1.54, 1.807) is 17.8 Å². The Kier molecular flexibility index (Phi) is 4.30. The fourth-order valence-electron chi connectivity index (χ4n) is 1.60. The maximum atomic E-state index is 11.5. The number of imidazole rings is 1. The third kappa shape index (κ3) is 3.41. The summed E-state index contributed by atoms with van der Waals surface area (Å²) in [7, 11) is 1.58. The molecule has 0 aliphatic rings. The minimum atomic E-state index is -0.309. The molecule has 2 amide bonds. The minimum Gasteiger partial charge on any atom is -0.383 e. The van der Waals surface area contributed by atoms with Gasteiger partial charge in [0.25, 0.3) is 0 Å². The van der Waals surface area contributed by atoms with Gasteiger partial charge in [-0.05, 0) is 18.6 Å². The van der Waals surface area contributed by atoms with Crippen molar-refractivity contribution in [3.63, 3.8) is 0 Å². The summed E-state index contributed by atoms with van der Waals surface area (Å²) in [5, 5.41) is 9.66. The largest absolute Gasteiger partial charge is 0.383 e. The van der Waals surface area contributed by atoms with Gasteiger partial charge in [-0.1, -0.05) is 6.92 Å². The quantitative estimate of drug-likeness (QED) is 0.790. The van der Waals surface area contributed by atoms with Crippen molar-refractivity contribution < 1.29 is 9.53 Å². The molecule has 2 aromatic heterocycles.